The van der Waals surface area contributed by atoms with Gasteiger partial charge in [-0.2, -0.15) is 0 Å². The molecule has 2 unspecified atom stereocenters. The van der Waals surface area contributed by atoms with Crippen molar-refractivity contribution in [3.63, 3.8) is 0 Å². The predicted molar refractivity (Wildman–Crippen MR) is 64.3 cm³/mol. The maximum absolute atomic E-state index is 11.5. The number of fused-ring (bicyclic) bond motifs is 2. The molecule has 2 saturated heterocycles. The van der Waals surface area contributed by atoms with Gasteiger partial charge in [-0.05, 0) is 32.7 Å². The third-order valence-corrected chi connectivity index (χ3v) is 4.14. The first kappa shape index (κ1) is 11.9. The zero-order valence-corrected chi connectivity index (χ0v) is 10.6. The molecule has 2 heterocycles. The standard InChI is InChI=1S/C12H23N3O/c1-14(2)12(16)8-13-9-6-10-4-5-11(7-9)15(10)3/h9-11,13H,4-8H2,1-3H3. The van der Waals surface area contributed by atoms with Crippen molar-refractivity contribution in [3.05, 3.63) is 0 Å². The minimum atomic E-state index is 0.172. The van der Waals surface area contributed by atoms with Gasteiger partial charge in [0.1, 0.15) is 0 Å². The fourth-order valence-electron chi connectivity index (χ4n) is 2.97. The summed E-state index contributed by atoms with van der Waals surface area (Å²) in [4.78, 5) is 15.7. The zero-order chi connectivity index (χ0) is 11.7. The molecule has 0 aliphatic carbocycles. The van der Waals surface area contributed by atoms with Crippen molar-refractivity contribution in [2.45, 2.75) is 43.8 Å². The molecule has 0 aromatic heterocycles. The molecule has 1 amide bonds. The molecule has 2 fully saturated rings. The molecule has 2 atom stereocenters. The zero-order valence-electron chi connectivity index (χ0n) is 10.6. The molecule has 16 heavy (non-hydrogen) atoms. The quantitative estimate of drug-likeness (QED) is 0.750. The molecule has 92 valence electrons. The molecule has 0 radical (unpaired) electrons. The van der Waals surface area contributed by atoms with Crippen molar-refractivity contribution < 1.29 is 4.79 Å². The Bertz CT molecular complexity index is 253. The van der Waals surface area contributed by atoms with Crippen LogP contribution in [0.5, 0.6) is 0 Å². The van der Waals surface area contributed by atoms with Crippen LogP contribution in [0.1, 0.15) is 25.7 Å². The Kier molecular flexibility index (Phi) is 3.50. The van der Waals surface area contributed by atoms with E-state index in [-0.39, 0.29) is 5.91 Å². The van der Waals surface area contributed by atoms with Crippen LogP contribution in [0.4, 0.5) is 0 Å². The van der Waals surface area contributed by atoms with Gasteiger partial charge in [0, 0.05) is 32.2 Å². The molecule has 2 rings (SSSR count). The van der Waals surface area contributed by atoms with Gasteiger partial charge < -0.3 is 15.1 Å². The van der Waals surface area contributed by atoms with Crippen LogP contribution in [0.2, 0.25) is 0 Å². The third kappa shape index (κ3) is 2.38. The van der Waals surface area contributed by atoms with Gasteiger partial charge in [0.05, 0.1) is 6.54 Å². The first-order valence-electron chi connectivity index (χ1n) is 6.23. The highest BCUT2D eigenvalue weighted by atomic mass is 16.2. The number of amides is 1. The third-order valence-electron chi connectivity index (χ3n) is 4.14. The van der Waals surface area contributed by atoms with E-state index in [0.29, 0.717) is 12.6 Å². The van der Waals surface area contributed by atoms with Crippen LogP contribution in [-0.4, -0.2) is 61.5 Å². The van der Waals surface area contributed by atoms with E-state index in [2.05, 4.69) is 17.3 Å². The molecule has 2 aliphatic rings. The highest BCUT2D eigenvalue weighted by Gasteiger charge is 2.38. The SMILES string of the molecule is CN(C)C(=O)CNC1CC2CCC(C1)N2C. The van der Waals surface area contributed by atoms with Crippen LogP contribution < -0.4 is 5.32 Å². The van der Waals surface area contributed by atoms with Gasteiger partial charge in [0.15, 0.2) is 0 Å². The normalized spacial score (nSPS) is 34.1. The number of hydrogen-bond donors (Lipinski definition) is 1. The Balaban J connectivity index is 1.78. The van der Waals surface area contributed by atoms with Crippen LogP contribution in [-0.2, 0) is 4.79 Å². The molecule has 0 saturated carbocycles. The Hall–Kier alpha value is -0.610. The second-order valence-corrected chi connectivity index (χ2v) is 5.39. The lowest BCUT2D eigenvalue weighted by Crippen LogP contribution is -2.49. The van der Waals surface area contributed by atoms with Crippen LogP contribution in [0.15, 0.2) is 0 Å². The maximum atomic E-state index is 11.5. The predicted octanol–water partition coefficient (Wildman–Crippen LogP) is 0.289. The number of rotatable bonds is 3. The minimum absolute atomic E-state index is 0.172. The van der Waals surface area contributed by atoms with Gasteiger partial charge >= 0.3 is 0 Å². The number of piperidine rings is 1. The highest BCUT2D eigenvalue weighted by Crippen LogP contribution is 2.33. The summed E-state index contributed by atoms with van der Waals surface area (Å²) in [5.41, 5.74) is 0. The number of likely N-dealkylation sites (N-methyl/N-ethyl adjacent to an activating group) is 1. The summed E-state index contributed by atoms with van der Waals surface area (Å²) in [5, 5.41) is 3.41. The van der Waals surface area contributed by atoms with E-state index in [1.54, 1.807) is 4.90 Å². The Morgan fingerprint density at radius 2 is 1.88 bits per heavy atom. The van der Waals surface area contributed by atoms with Crippen molar-refractivity contribution in [2.24, 2.45) is 0 Å². The van der Waals surface area contributed by atoms with E-state index in [1.807, 2.05) is 14.1 Å². The molecule has 1 N–H and O–H groups in total. The number of carbonyl (C=O) groups is 1. The summed E-state index contributed by atoms with van der Waals surface area (Å²) in [5.74, 6) is 0.172. The lowest BCUT2D eigenvalue weighted by Gasteiger charge is -2.36. The smallest absolute Gasteiger partial charge is 0.236 e. The number of nitrogens with zero attached hydrogens (tertiary/aromatic N) is 2. The summed E-state index contributed by atoms with van der Waals surface area (Å²) in [6.45, 7) is 0.487. The lowest BCUT2D eigenvalue weighted by atomic mass is 9.98. The number of nitrogens with one attached hydrogen (secondary N) is 1. The van der Waals surface area contributed by atoms with Crippen molar-refractivity contribution in [1.29, 1.82) is 0 Å². The van der Waals surface area contributed by atoms with Crippen LogP contribution in [0.3, 0.4) is 0 Å². The molecule has 0 aromatic carbocycles. The minimum Gasteiger partial charge on any atom is -0.348 e. The van der Waals surface area contributed by atoms with E-state index < -0.39 is 0 Å². The number of carbonyl (C=O) groups excluding carboxylic acids is 1. The largest absolute Gasteiger partial charge is 0.348 e. The van der Waals surface area contributed by atoms with E-state index >= 15 is 0 Å². The van der Waals surface area contributed by atoms with Crippen molar-refractivity contribution in [1.82, 2.24) is 15.1 Å². The molecule has 0 aromatic rings. The van der Waals surface area contributed by atoms with Crippen molar-refractivity contribution >= 4 is 5.91 Å². The van der Waals surface area contributed by atoms with Crippen LogP contribution in [0.25, 0.3) is 0 Å². The maximum Gasteiger partial charge on any atom is 0.236 e. The Morgan fingerprint density at radius 1 is 1.31 bits per heavy atom. The van der Waals surface area contributed by atoms with Crippen LogP contribution in [0, 0.1) is 0 Å². The molecule has 2 bridgehead atoms. The molecule has 4 nitrogen and oxygen atoms in total. The molecule has 4 heteroatoms. The molecular formula is C12H23N3O. The highest BCUT2D eigenvalue weighted by molar-refractivity contribution is 5.77. The lowest BCUT2D eigenvalue weighted by molar-refractivity contribution is -0.127. The van der Waals surface area contributed by atoms with Gasteiger partial charge in [0.25, 0.3) is 0 Å². The van der Waals surface area contributed by atoms with Crippen molar-refractivity contribution in [2.75, 3.05) is 27.7 Å². The Morgan fingerprint density at radius 3 is 2.38 bits per heavy atom. The first-order chi connectivity index (χ1) is 7.58. The molecule has 0 spiro atoms. The molecule has 2 aliphatic heterocycles. The summed E-state index contributed by atoms with van der Waals surface area (Å²) < 4.78 is 0. The van der Waals surface area contributed by atoms with E-state index in [0.717, 1.165) is 12.1 Å². The first-order valence-corrected chi connectivity index (χ1v) is 6.23. The van der Waals surface area contributed by atoms with Gasteiger partial charge in [-0.3, -0.25) is 4.79 Å². The van der Waals surface area contributed by atoms with E-state index in [1.165, 1.54) is 25.7 Å². The van der Waals surface area contributed by atoms with E-state index in [4.69, 9.17) is 0 Å². The van der Waals surface area contributed by atoms with Gasteiger partial charge in [0.2, 0.25) is 5.91 Å². The topological polar surface area (TPSA) is 35.6 Å². The average molecular weight is 225 g/mol. The van der Waals surface area contributed by atoms with E-state index in [9.17, 15) is 4.79 Å². The fourth-order valence-corrected chi connectivity index (χ4v) is 2.97. The van der Waals surface area contributed by atoms with Crippen molar-refractivity contribution in [3.8, 4) is 0 Å². The second-order valence-electron chi connectivity index (χ2n) is 5.39. The van der Waals surface area contributed by atoms with Gasteiger partial charge in [-0.15, -0.1) is 0 Å². The number of hydrogen-bond acceptors (Lipinski definition) is 3. The summed E-state index contributed by atoms with van der Waals surface area (Å²) in [6, 6.07) is 2.02. The summed E-state index contributed by atoms with van der Waals surface area (Å²) in [7, 11) is 5.86. The Labute approximate surface area is 98.0 Å². The summed E-state index contributed by atoms with van der Waals surface area (Å²) in [6.07, 6.45) is 5.07. The second kappa shape index (κ2) is 4.72. The monoisotopic (exact) mass is 225 g/mol. The molecular weight excluding hydrogens is 202 g/mol. The summed E-state index contributed by atoms with van der Waals surface area (Å²) >= 11 is 0. The average Bonchev–Trinajstić information content (AvgIpc) is 2.51. The van der Waals surface area contributed by atoms with Crippen LogP contribution >= 0.6 is 0 Å². The fraction of sp³-hybridized carbons (Fsp3) is 0.917. The van der Waals surface area contributed by atoms with Gasteiger partial charge in [-0.1, -0.05) is 0 Å². The van der Waals surface area contributed by atoms with Gasteiger partial charge in [-0.25, -0.2) is 0 Å².